The number of aromatic nitrogens is 1. The van der Waals surface area contributed by atoms with Crippen LogP contribution in [0.1, 0.15) is 5.89 Å². The van der Waals surface area contributed by atoms with E-state index in [0.717, 1.165) is 5.56 Å². The highest BCUT2D eigenvalue weighted by Gasteiger charge is 2.19. The zero-order chi connectivity index (χ0) is 13.8. The third-order valence-electron chi connectivity index (χ3n) is 2.64. The molecule has 19 heavy (non-hydrogen) atoms. The first-order valence-corrected chi connectivity index (χ1v) is 6.08. The molecule has 0 spiro atoms. The molecule has 0 aliphatic heterocycles. The van der Waals surface area contributed by atoms with Gasteiger partial charge in [0.1, 0.15) is 0 Å². The SMILES string of the molecule is COc1ccc(-c2cnc(CCl)o2)c(OC)c1OC. The molecule has 1 aromatic heterocycles. The predicted octanol–water partition coefficient (Wildman–Crippen LogP) is 3.11. The van der Waals surface area contributed by atoms with Crippen molar-refractivity contribution in [3.63, 3.8) is 0 Å². The summed E-state index contributed by atoms with van der Waals surface area (Å²) in [5.74, 6) is 2.85. The van der Waals surface area contributed by atoms with Crippen LogP contribution in [0.3, 0.4) is 0 Å². The monoisotopic (exact) mass is 283 g/mol. The van der Waals surface area contributed by atoms with Crippen molar-refractivity contribution in [2.24, 2.45) is 0 Å². The maximum absolute atomic E-state index is 5.68. The van der Waals surface area contributed by atoms with E-state index >= 15 is 0 Å². The van der Waals surface area contributed by atoms with Gasteiger partial charge >= 0.3 is 0 Å². The van der Waals surface area contributed by atoms with Gasteiger partial charge in [-0.3, -0.25) is 0 Å². The summed E-state index contributed by atoms with van der Waals surface area (Å²) in [6.45, 7) is 0. The minimum atomic E-state index is 0.218. The van der Waals surface area contributed by atoms with Crippen molar-refractivity contribution in [2.45, 2.75) is 5.88 Å². The number of nitrogens with zero attached hydrogens (tertiary/aromatic N) is 1. The van der Waals surface area contributed by atoms with Crippen LogP contribution in [-0.2, 0) is 5.88 Å². The Morgan fingerprint density at radius 2 is 1.84 bits per heavy atom. The second-order valence-corrected chi connectivity index (χ2v) is 3.90. The Morgan fingerprint density at radius 3 is 2.37 bits per heavy atom. The normalized spacial score (nSPS) is 10.3. The lowest BCUT2D eigenvalue weighted by atomic mass is 10.1. The van der Waals surface area contributed by atoms with Crippen molar-refractivity contribution < 1.29 is 18.6 Å². The van der Waals surface area contributed by atoms with Gasteiger partial charge < -0.3 is 18.6 Å². The Balaban J connectivity index is 2.56. The molecule has 5 nitrogen and oxygen atoms in total. The van der Waals surface area contributed by atoms with E-state index in [2.05, 4.69) is 4.98 Å². The molecule has 0 aliphatic rings. The average molecular weight is 284 g/mol. The van der Waals surface area contributed by atoms with Crippen LogP contribution in [0.4, 0.5) is 0 Å². The van der Waals surface area contributed by atoms with Crippen LogP contribution >= 0.6 is 11.6 Å². The summed E-state index contributed by atoms with van der Waals surface area (Å²) in [6.07, 6.45) is 1.60. The molecule has 0 saturated carbocycles. The summed E-state index contributed by atoms with van der Waals surface area (Å²) < 4.78 is 21.4. The summed E-state index contributed by atoms with van der Waals surface area (Å²) >= 11 is 5.68. The lowest BCUT2D eigenvalue weighted by molar-refractivity contribution is 0.324. The van der Waals surface area contributed by atoms with Crippen LogP contribution in [-0.4, -0.2) is 26.3 Å². The first-order chi connectivity index (χ1) is 9.24. The van der Waals surface area contributed by atoms with Crippen molar-refractivity contribution >= 4 is 11.6 Å². The molecule has 0 unspecified atom stereocenters. The van der Waals surface area contributed by atoms with Crippen LogP contribution < -0.4 is 14.2 Å². The van der Waals surface area contributed by atoms with Gasteiger partial charge in [0.05, 0.1) is 39.0 Å². The molecule has 2 aromatic rings. The molecule has 2 rings (SSSR count). The highest BCUT2D eigenvalue weighted by atomic mass is 35.5. The van der Waals surface area contributed by atoms with Crippen LogP contribution in [0.2, 0.25) is 0 Å². The van der Waals surface area contributed by atoms with E-state index in [1.807, 2.05) is 6.07 Å². The molecule has 0 fully saturated rings. The topological polar surface area (TPSA) is 53.7 Å². The van der Waals surface area contributed by atoms with E-state index in [1.165, 1.54) is 0 Å². The van der Waals surface area contributed by atoms with Gasteiger partial charge in [-0.05, 0) is 12.1 Å². The largest absolute Gasteiger partial charge is 0.493 e. The van der Waals surface area contributed by atoms with Crippen molar-refractivity contribution in [1.82, 2.24) is 4.98 Å². The van der Waals surface area contributed by atoms with Crippen LogP contribution in [0.25, 0.3) is 11.3 Å². The highest BCUT2D eigenvalue weighted by Crippen LogP contribution is 2.44. The number of rotatable bonds is 5. The minimum Gasteiger partial charge on any atom is -0.493 e. The summed E-state index contributed by atoms with van der Waals surface area (Å²) in [4.78, 5) is 4.06. The predicted molar refractivity (Wildman–Crippen MR) is 71.2 cm³/mol. The van der Waals surface area contributed by atoms with Gasteiger partial charge in [0.25, 0.3) is 0 Å². The molecular formula is C13H14ClNO4. The number of alkyl halides is 1. The zero-order valence-corrected chi connectivity index (χ0v) is 11.7. The van der Waals surface area contributed by atoms with Gasteiger partial charge in [0, 0.05) is 0 Å². The van der Waals surface area contributed by atoms with E-state index < -0.39 is 0 Å². The molecule has 0 aliphatic carbocycles. The number of halogens is 1. The summed E-state index contributed by atoms with van der Waals surface area (Å²) in [5, 5.41) is 0. The Hall–Kier alpha value is -1.88. The van der Waals surface area contributed by atoms with Gasteiger partial charge in [-0.25, -0.2) is 4.98 Å². The van der Waals surface area contributed by atoms with E-state index in [1.54, 1.807) is 33.6 Å². The van der Waals surface area contributed by atoms with Crippen molar-refractivity contribution in [3.05, 3.63) is 24.2 Å². The maximum Gasteiger partial charge on any atom is 0.209 e. The quantitative estimate of drug-likeness (QED) is 0.789. The Bertz CT molecular complexity index is 568. The molecule has 0 amide bonds. The third kappa shape index (κ3) is 2.46. The fourth-order valence-corrected chi connectivity index (χ4v) is 1.92. The average Bonchev–Trinajstić information content (AvgIpc) is 2.94. The number of ether oxygens (including phenoxy) is 3. The molecule has 102 valence electrons. The summed E-state index contributed by atoms with van der Waals surface area (Å²) in [6, 6.07) is 3.60. The zero-order valence-electron chi connectivity index (χ0n) is 10.9. The van der Waals surface area contributed by atoms with Gasteiger partial charge in [-0.1, -0.05) is 0 Å². The first kappa shape index (κ1) is 13.5. The third-order valence-corrected chi connectivity index (χ3v) is 2.87. The fourth-order valence-electron chi connectivity index (χ4n) is 1.79. The molecule has 0 saturated heterocycles. The molecule has 1 aromatic carbocycles. The Morgan fingerprint density at radius 1 is 1.11 bits per heavy atom. The lowest BCUT2D eigenvalue weighted by Gasteiger charge is -2.14. The van der Waals surface area contributed by atoms with Crippen molar-refractivity contribution in [2.75, 3.05) is 21.3 Å². The van der Waals surface area contributed by atoms with E-state index in [4.69, 9.17) is 30.2 Å². The molecule has 0 bridgehead atoms. The summed E-state index contributed by atoms with van der Waals surface area (Å²) in [7, 11) is 4.67. The first-order valence-electron chi connectivity index (χ1n) is 5.55. The van der Waals surface area contributed by atoms with Crippen LogP contribution in [0, 0.1) is 0 Å². The van der Waals surface area contributed by atoms with Gasteiger partial charge in [-0.2, -0.15) is 0 Å². The fraction of sp³-hybridized carbons (Fsp3) is 0.308. The van der Waals surface area contributed by atoms with Gasteiger partial charge in [0.15, 0.2) is 17.3 Å². The van der Waals surface area contributed by atoms with Crippen molar-refractivity contribution in [3.8, 4) is 28.6 Å². The van der Waals surface area contributed by atoms with E-state index in [-0.39, 0.29) is 5.88 Å². The van der Waals surface area contributed by atoms with Gasteiger partial charge in [0.2, 0.25) is 11.6 Å². The molecule has 1 heterocycles. The number of hydrogen-bond donors (Lipinski definition) is 0. The molecule has 0 atom stereocenters. The smallest absolute Gasteiger partial charge is 0.209 e. The minimum absolute atomic E-state index is 0.218. The van der Waals surface area contributed by atoms with E-state index in [9.17, 15) is 0 Å². The number of methoxy groups -OCH3 is 3. The molecular weight excluding hydrogens is 270 g/mol. The molecule has 0 radical (unpaired) electrons. The number of benzene rings is 1. The summed E-state index contributed by atoms with van der Waals surface area (Å²) in [5.41, 5.74) is 0.726. The van der Waals surface area contributed by atoms with Crippen LogP contribution in [0.5, 0.6) is 17.2 Å². The van der Waals surface area contributed by atoms with Crippen LogP contribution in [0.15, 0.2) is 22.7 Å². The Labute approximate surface area is 116 Å². The second kappa shape index (κ2) is 5.84. The molecule has 6 heteroatoms. The standard InChI is InChI=1S/C13H14ClNO4/c1-16-9-5-4-8(12(17-2)13(9)18-3)10-7-15-11(6-14)19-10/h4-5,7H,6H2,1-3H3. The lowest BCUT2D eigenvalue weighted by Crippen LogP contribution is -1.96. The molecule has 0 N–H and O–H groups in total. The van der Waals surface area contributed by atoms with Crippen molar-refractivity contribution in [1.29, 1.82) is 0 Å². The maximum atomic E-state index is 5.68. The number of oxazole rings is 1. The Kier molecular flexibility index (Phi) is 4.16. The number of hydrogen-bond acceptors (Lipinski definition) is 5. The highest BCUT2D eigenvalue weighted by molar-refractivity contribution is 6.16. The van der Waals surface area contributed by atoms with E-state index in [0.29, 0.717) is 28.9 Å². The second-order valence-electron chi connectivity index (χ2n) is 3.63. The van der Waals surface area contributed by atoms with Gasteiger partial charge in [-0.15, -0.1) is 11.6 Å².